The Morgan fingerprint density at radius 1 is 1.35 bits per heavy atom. The van der Waals surface area contributed by atoms with Gasteiger partial charge in [-0.25, -0.2) is 0 Å². The standard InChI is InChI=1S/C16H27N3O/c1-3-20-16(9-6-4-5-7-10-16)15(18-2)13-12-19-11-8-14(13)17/h8,11-12,15,18H,3-7,9-10H2,1-2H3,(H2,17,19). The number of nitrogen functional groups attached to an aromatic ring is 1. The maximum atomic E-state index is 6.27. The van der Waals surface area contributed by atoms with Gasteiger partial charge in [0.25, 0.3) is 0 Å². The molecule has 0 saturated heterocycles. The van der Waals surface area contributed by atoms with Gasteiger partial charge in [-0.1, -0.05) is 25.7 Å². The zero-order valence-electron chi connectivity index (χ0n) is 12.7. The number of aromatic nitrogens is 1. The summed E-state index contributed by atoms with van der Waals surface area (Å²) in [5.41, 5.74) is 7.86. The quantitative estimate of drug-likeness (QED) is 0.812. The fourth-order valence-corrected chi connectivity index (χ4v) is 3.49. The van der Waals surface area contributed by atoms with E-state index in [1.807, 2.05) is 19.3 Å². The number of nitrogens with one attached hydrogen (secondary N) is 1. The highest BCUT2D eigenvalue weighted by molar-refractivity contribution is 5.47. The Balaban J connectivity index is 2.36. The van der Waals surface area contributed by atoms with Crippen molar-refractivity contribution in [2.24, 2.45) is 0 Å². The van der Waals surface area contributed by atoms with E-state index in [9.17, 15) is 0 Å². The number of ether oxygens (including phenoxy) is 1. The molecule has 1 aliphatic rings. The fraction of sp³-hybridized carbons (Fsp3) is 0.688. The van der Waals surface area contributed by atoms with Crippen LogP contribution in [0.5, 0.6) is 0 Å². The Morgan fingerprint density at radius 2 is 2.05 bits per heavy atom. The van der Waals surface area contributed by atoms with Crippen molar-refractivity contribution in [3.8, 4) is 0 Å². The third-order valence-electron chi connectivity index (χ3n) is 4.39. The molecule has 0 amide bonds. The second-order valence-electron chi connectivity index (χ2n) is 5.64. The van der Waals surface area contributed by atoms with E-state index >= 15 is 0 Å². The SMILES string of the molecule is CCOC1(C(NC)c2cnccc2N)CCCCCC1. The van der Waals surface area contributed by atoms with Gasteiger partial charge in [0, 0.05) is 30.3 Å². The van der Waals surface area contributed by atoms with Gasteiger partial charge in [-0.15, -0.1) is 0 Å². The lowest BCUT2D eigenvalue weighted by Crippen LogP contribution is -2.45. The van der Waals surface area contributed by atoms with Gasteiger partial charge >= 0.3 is 0 Å². The molecule has 3 N–H and O–H groups in total. The molecule has 1 aromatic heterocycles. The minimum absolute atomic E-state index is 0.106. The first-order valence-corrected chi connectivity index (χ1v) is 7.74. The van der Waals surface area contributed by atoms with E-state index in [0.29, 0.717) is 0 Å². The minimum Gasteiger partial charge on any atom is -0.398 e. The van der Waals surface area contributed by atoms with Crippen LogP contribution in [0.25, 0.3) is 0 Å². The van der Waals surface area contributed by atoms with Gasteiger partial charge in [-0.05, 0) is 32.9 Å². The average Bonchev–Trinajstić information content (AvgIpc) is 2.69. The molecular weight excluding hydrogens is 250 g/mol. The van der Waals surface area contributed by atoms with Crippen molar-refractivity contribution >= 4 is 5.69 Å². The predicted molar refractivity (Wildman–Crippen MR) is 82.5 cm³/mol. The molecule has 1 saturated carbocycles. The molecule has 0 spiro atoms. The normalized spacial score (nSPS) is 20.3. The molecule has 4 nitrogen and oxygen atoms in total. The highest BCUT2D eigenvalue weighted by Crippen LogP contribution is 2.41. The lowest BCUT2D eigenvalue weighted by atomic mass is 9.82. The summed E-state index contributed by atoms with van der Waals surface area (Å²) >= 11 is 0. The van der Waals surface area contributed by atoms with Gasteiger partial charge in [0.05, 0.1) is 11.6 Å². The van der Waals surface area contributed by atoms with Crippen molar-refractivity contribution in [3.05, 3.63) is 24.0 Å². The van der Waals surface area contributed by atoms with Crippen LogP contribution >= 0.6 is 0 Å². The van der Waals surface area contributed by atoms with E-state index in [2.05, 4.69) is 17.2 Å². The summed E-state index contributed by atoms with van der Waals surface area (Å²) < 4.78 is 6.27. The van der Waals surface area contributed by atoms with Crippen LogP contribution < -0.4 is 11.1 Å². The monoisotopic (exact) mass is 277 g/mol. The third kappa shape index (κ3) is 3.13. The molecule has 1 heterocycles. The van der Waals surface area contributed by atoms with Crippen LogP contribution in [0.2, 0.25) is 0 Å². The smallest absolute Gasteiger partial charge is 0.0877 e. The first-order chi connectivity index (χ1) is 9.73. The molecule has 0 radical (unpaired) electrons. The molecule has 2 rings (SSSR count). The minimum atomic E-state index is -0.156. The highest BCUT2D eigenvalue weighted by atomic mass is 16.5. The summed E-state index contributed by atoms with van der Waals surface area (Å²) in [6.45, 7) is 2.81. The van der Waals surface area contributed by atoms with E-state index in [-0.39, 0.29) is 11.6 Å². The van der Waals surface area contributed by atoms with E-state index in [4.69, 9.17) is 10.5 Å². The Bertz CT molecular complexity index is 414. The molecule has 1 aliphatic carbocycles. The van der Waals surface area contributed by atoms with Crippen LogP contribution in [0.1, 0.15) is 57.1 Å². The van der Waals surface area contributed by atoms with E-state index in [0.717, 1.165) is 30.7 Å². The van der Waals surface area contributed by atoms with E-state index in [1.165, 1.54) is 25.7 Å². The number of likely N-dealkylation sites (N-methyl/N-ethyl adjacent to an activating group) is 1. The van der Waals surface area contributed by atoms with Crippen molar-refractivity contribution in [3.63, 3.8) is 0 Å². The molecule has 1 aromatic rings. The summed E-state index contributed by atoms with van der Waals surface area (Å²) in [6, 6.07) is 1.98. The van der Waals surface area contributed by atoms with Crippen molar-refractivity contribution in [1.29, 1.82) is 0 Å². The van der Waals surface area contributed by atoms with Crippen molar-refractivity contribution in [2.45, 2.75) is 57.1 Å². The zero-order chi connectivity index (χ0) is 14.4. The van der Waals surface area contributed by atoms with Gasteiger partial charge in [0.1, 0.15) is 0 Å². The topological polar surface area (TPSA) is 60.2 Å². The van der Waals surface area contributed by atoms with Crippen LogP contribution in [-0.4, -0.2) is 24.2 Å². The zero-order valence-corrected chi connectivity index (χ0v) is 12.7. The maximum absolute atomic E-state index is 6.27. The maximum Gasteiger partial charge on any atom is 0.0877 e. The Morgan fingerprint density at radius 3 is 2.60 bits per heavy atom. The van der Waals surface area contributed by atoms with Gasteiger partial charge in [0.15, 0.2) is 0 Å². The number of nitrogens with two attached hydrogens (primary N) is 1. The molecule has 0 aliphatic heterocycles. The third-order valence-corrected chi connectivity index (χ3v) is 4.39. The predicted octanol–water partition coefficient (Wildman–Crippen LogP) is 3.05. The van der Waals surface area contributed by atoms with Crippen molar-refractivity contribution in [2.75, 3.05) is 19.4 Å². The molecule has 1 unspecified atom stereocenters. The molecular formula is C16H27N3O. The molecule has 0 aromatic carbocycles. The molecule has 4 heteroatoms. The van der Waals surface area contributed by atoms with Crippen molar-refractivity contribution < 1.29 is 4.74 Å². The Kier molecular flexibility index (Phi) is 5.38. The van der Waals surface area contributed by atoms with E-state index < -0.39 is 0 Å². The second kappa shape index (κ2) is 7.04. The molecule has 112 valence electrons. The second-order valence-corrected chi connectivity index (χ2v) is 5.64. The molecule has 1 fully saturated rings. The first kappa shape index (κ1) is 15.3. The van der Waals surface area contributed by atoms with Gasteiger partial charge in [-0.2, -0.15) is 0 Å². The van der Waals surface area contributed by atoms with Gasteiger partial charge in [0.2, 0.25) is 0 Å². The van der Waals surface area contributed by atoms with Crippen LogP contribution in [0.3, 0.4) is 0 Å². The summed E-state index contributed by atoms with van der Waals surface area (Å²) in [7, 11) is 1.99. The Labute approximate surface area is 122 Å². The first-order valence-electron chi connectivity index (χ1n) is 7.74. The molecule has 20 heavy (non-hydrogen) atoms. The van der Waals surface area contributed by atoms with Crippen LogP contribution in [-0.2, 0) is 4.74 Å². The summed E-state index contributed by atoms with van der Waals surface area (Å²) in [5.74, 6) is 0. The van der Waals surface area contributed by atoms with Crippen LogP contribution in [0.4, 0.5) is 5.69 Å². The number of rotatable bonds is 5. The Hall–Kier alpha value is -1.13. The van der Waals surface area contributed by atoms with Crippen molar-refractivity contribution in [1.82, 2.24) is 10.3 Å². The summed E-state index contributed by atoms with van der Waals surface area (Å²) in [4.78, 5) is 4.25. The summed E-state index contributed by atoms with van der Waals surface area (Å²) in [6.07, 6.45) is 10.8. The number of nitrogens with zero attached hydrogens (tertiary/aromatic N) is 1. The summed E-state index contributed by atoms with van der Waals surface area (Å²) in [5, 5.41) is 3.44. The number of hydrogen-bond acceptors (Lipinski definition) is 4. The number of anilines is 1. The van der Waals surface area contributed by atoms with Gasteiger partial charge in [-0.3, -0.25) is 4.98 Å². The lowest BCUT2D eigenvalue weighted by Gasteiger charge is -2.40. The van der Waals surface area contributed by atoms with E-state index in [1.54, 1.807) is 6.20 Å². The highest BCUT2D eigenvalue weighted by Gasteiger charge is 2.40. The fourth-order valence-electron chi connectivity index (χ4n) is 3.49. The molecule has 0 bridgehead atoms. The van der Waals surface area contributed by atoms with Crippen LogP contribution in [0, 0.1) is 0 Å². The number of pyridine rings is 1. The van der Waals surface area contributed by atoms with Gasteiger partial charge < -0.3 is 15.8 Å². The average molecular weight is 277 g/mol. The largest absolute Gasteiger partial charge is 0.398 e. The molecule has 1 atom stereocenters. The number of hydrogen-bond donors (Lipinski definition) is 2. The lowest BCUT2D eigenvalue weighted by molar-refractivity contribution is -0.0766. The van der Waals surface area contributed by atoms with Crippen LogP contribution in [0.15, 0.2) is 18.5 Å².